The normalized spacial score (nSPS) is 13.9. The zero-order valence-corrected chi connectivity index (χ0v) is 15.1. The lowest BCUT2D eigenvalue weighted by molar-refractivity contribution is 0.508. The van der Waals surface area contributed by atoms with Crippen LogP contribution in [-0.2, 0) is 6.54 Å². The highest BCUT2D eigenvalue weighted by Gasteiger charge is 2.21. The first-order chi connectivity index (χ1) is 11.2. The molecular weight excluding hydrogens is 318 g/mol. The second kappa shape index (κ2) is 7.00. The molecule has 1 fully saturated rings. The number of rotatable bonds is 5. The van der Waals surface area contributed by atoms with Gasteiger partial charge in [-0.25, -0.2) is 0 Å². The minimum absolute atomic E-state index is 0. The summed E-state index contributed by atoms with van der Waals surface area (Å²) in [7, 11) is 0. The van der Waals surface area contributed by atoms with Gasteiger partial charge in [-0.05, 0) is 56.8 Å². The number of benzene rings is 2. The standard InChI is InChI=1S/C21H23NO.ClH/c1-14-3-8-17(9-4-14)21-18-11-15(2)5-10-19(18)23-20(21)13-22-12-16-6-7-16;/h3-5,8-11,16,22H,6-7,12-13H2,1-2H3;1H. The Morgan fingerprint density at radius 1 is 1.00 bits per heavy atom. The Labute approximate surface area is 149 Å². The van der Waals surface area contributed by atoms with Crippen LogP contribution in [0.5, 0.6) is 0 Å². The fourth-order valence-corrected chi connectivity index (χ4v) is 3.14. The van der Waals surface area contributed by atoms with Crippen LogP contribution in [0.25, 0.3) is 22.1 Å². The molecule has 1 aliphatic carbocycles. The van der Waals surface area contributed by atoms with Gasteiger partial charge >= 0.3 is 0 Å². The van der Waals surface area contributed by atoms with Crippen LogP contribution < -0.4 is 5.32 Å². The van der Waals surface area contributed by atoms with Crippen molar-refractivity contribution in [3.05, 3.63) is 59.4 Å². The van der Waals surface area contributed by atoms with Gasteiger partial charge in [0, 0.05) is 10.9 Å². The van der Waals surface area contributed by atoms with Gasteiger partial charge in [0.05, 0.1) is 6.54 Å². The molecule has 0 unspecified atom stereocenters. The van der Waals surface area contributed by atoms with Crippen molar-refractivity contribution in [1.29, 1.82) is 0 Å². The summed E-state index contributed by atoms with van der Waals surface area (Å²) in [5.74, 6) is 1.93. The summed E-state index contributed by atoms with van der Waals surface area (Å²) in [6.07, 6.45) is 2.74. The van der Waals surface area contributed by atoms with E-state index < -0.39 is 0 Å². The largest absolute Gasteiger partial charge is 0.459 e. The Morgan fingerprint density at radius 3 is 2.42 bits per heavy atom. The second-order valence-electron chi connectivity index (χ2n) is 6.84. The third kappa shape index (κ3) is 3.50. The van der Waals surface area contributed by atoms with Crippen molar-refractivity contribution in [3.8, 4) is 11.1 Å². The second-order valence-corrected chi connectivity index (χ2v) is 6.84. The molecule has 0 aliphatic heterocycles. The Hall–Kier alpha value is -1.77. The van der Waals surface area contributed by atoms with Crippen LogP contribution in [0.3, 0.4) is 0 Å². The van der Waals surface area contributed by atoms with Crippen molar-refractivity contribution in [2.75, 3.05) is 6.54 Å². The highest BCUT2D eigenvalue weighted by molar-refractivity contribution is 5.96. The molecule has 3 heteroatoms. The summed E-state index contributed by atoms with van der Waals surface area (Å²) in [5.41, 5.74) is 6.01. The van der Waals surface area contributed by atoms with Gasteiger partial charge in [-0.3, -0.25) is 0 Å². The first-order valence-electron chi connectivity index (χ1n) is 8.50. The molecule has 0 spiro atoms. The molecule has 4 rings (SSSR count). The molecule has 0 saturated heterocycles. The van der Waals surface area contributed by atoms with Crippen LogP contribution in [0.2, 0.25) is 0 Å². The number of aryl methyl sites for hydroxylation is 2. The van der Waals surface area contributed by atoms with Crippen LogP contribution in [0.15, 0.2) is 46.9 Å². The molecule has 1 heterocycles. The summed E-state index contributed by atoms with van der Waals surface area (Å²) < 4.78 is 6.18. The van der Waals surface area contributed by atoms with Crippen molar-refractivity contribution < 1.29 is 4.42 Å². The highest BCUT2D eigenvalue weighted by atomic mass is 35.5. The topological polar surface area (TPSA) is 25.2 Å². The van der Waals surface area contributed by atoms with E-state index in [1.165, 1.54) is 40.5 Å². The summed E-state index contributed by atoms with van der Waals surface area (Å²) >= 11 is 0. The smallest absolute Gasteiger partial charge is 0.135 e. The van der Waals surface area contributed by atoms with Crippen LogP contribution in [0.1, 0.15) is 29.7 Å². The minimum Gasteiger partial charge on any atom is -0.459 e. The van der Waals surface area contributed by atoms with Crippen LogP contribution >= 0.6 is 12.4 Å². The van der Waals surface area contributed by atoms with E-state index in [0.29, 0.717) is 0 Å². The van der Waals surface area contributed by atoms with E-state index in [4.69, 9.17) is 4.42 Å². The molecule has 2 nitrogen and oxygen atoms in total. The van der Waals surface area contributed by atoms with Crippen molar-refractivity contribution in [3.63, 3.8) is 0 Å². The molecule has 3 aromatic rings. The van der Waals surface area contributed by atoms with Gasteiger partial charge < -0.3 is 9.73 Å². The van der Waals surface area contributed by atoms with Crippen molar-refractivity contribution in [2.24, 2.45) is 5.92 Å². The monoisotopic (exact) mass is 341 g/mol. The molecular formula is C21H24ClNO. The third-order valence-electron chi connectivity index (χ3n) is 4.67. The Kier molecular flexibility index (Phi) is 4.98. The quantitative estimate of drug-likeness (QED) is 0.649. The number of hydrogen-bond acceptors (Lipinski definition) is 2. The Morgan fingerprint density at radius 2 is 1.71 bits per heavy atom. The predicted molar refractivity (Wildman–Crippen MR) is 103 cm³/mol. The number of nitrogens with one attached hydrogen (secondary N) is 1. The van der Waals surface area contributed by atoms with Gasteiger partial charge in [0.25, 0.3) is 0 Å². The van der Waals surface area contributed by atoms with E-state index in [1.807, 2.05) is 0 Å². The number of fused-ring (bicyclic) bond motifs is 1. The van der Waals surface area contributed by atoms with E-state index in [-0.39, 0.29) is 12.4 Å². The fourth-order valence-electron chi connectivity index (χ4n) is 3.14. The van der Waals surface area contributed by atoms with Crippen molar-refractivity contribution in [2.45, 2.75) is 33.2 Å². The number of hydrogen-bond donors (Lipinski definition) is 1. The van der Waals surface area contributed by atoms with Gasteiger partial charge in [-0.2, -0.15) is 0 Å². The lowest BCUT2D eigenvalue weighted by atomic mass is 9.99. The lowest BCUT2D eigenvalue weighted by Gasteiger charge is -2.06. The van der Waals surface area contributed by atoms with Crippen molar-refractivity contribution in [1.82, 2.24) is 5.32 Å². The number of furan rings is 1. The van der Waals surface area contributed by atoms with E-state index >= 15 is 0 Å². The molecule has 0 atom stereocenters. The maximum atomic E-state index is 6.18. The molecule has 0 radical (unpaired) electrons. The number of halogens is 1. The summed E-state index contributed by atoms with van der Waals surface area (Å²) in [4.78, 5) is 0. The molecule has 24 heavy (non-hydrogen) atoms. The Bertz CT molecular complexity index is 831. The van der Waals surface area contributed by atoms with E-state index in [1.54, 1.807) is 0 Å². The molecule has 1 aromatic heterocycles. The van der Waals surface area contributed by atoms with Gasteiger partial charge in [0.2, 0.25) is 0 Å². The molecule has 2 aromatic carbocycles. The summed E-state index contributed by atoms with van der Waals surface area (Å²) in [5, 5.41) is 4.79. The molecule has 126 valence electrons. The van der Waals surface area contributed by atoms with Gasteiger partial charge in [0.1, 0.15) is 11.3 Å². The van der Waals surface area contributed by atoms with E-state index in [0.717, 1.165) is 30.4 Å². The van der Waals surface area contributed by atoms with E-state index in [2.05, 4.69) is 61.6 Å². The first-order valence-corrected chi connectivity index (χ1v) is 8.50. The summed E-state index contributed by atoms with van der Waals surface area (Å²) in [6.45, 7) is 6.16. The Balaban J connectivity index is 0.00000169. The van der Waals surface area contributed by atoms with Crippen molar-refractivity contribution >= 4 is 23.4 Å². The van der Waals surface area contributed by atoms with E-state index in [9.17, 15) is 0 Å². The molecule has 0 amide bonds. The van der Waals surface area contributed by atoms with Gasteiger partial charge in [0.15, 0.2) is 0 Å². The average Bonchev–Trinajstić information content (AvgIpc) is 3.29. The molecule has 1 saturated carbocycles. The lowest BCUT2D eigenvalue weighted by Crippen LogP contribution is -2.16. The maximum Gasteiger partial charge on any atom is 0.135 e. The zero-order valence-electron chi connectivity index (χ0n) is 14.3. The van der Waals surface area contributed by atoms with Crippen LogP contribution in [-0.4, -0.2) is 6.54 Å². The highest BCUT2D eigenvalue weighted by Crippen LogP contribution is 2.36. The minimum atomic E-state index is 0. The first kappa shape index (κ1) is 17.1. The molecule has 1 N–H and O–H groups in total. The predicted octanol–water partition coefficient (Wildman–Crippen LogP) is 5.64. The van der Waals surface area contributed by atoms with Crippen LogP contribution in [0.4, 0.5) is 0 Å². The van der Waals surface area contributed by atoms with Crippen LogP contribution in [0, 0.1) is 19.8 Å². The van der Waals surface area contributed by atoms with Gasteiger partial charge in [-0.15, -0.1) is 12.4 Å². The third-order valence-corrected chi connectivity index (χ3v) is 4.67. The fraction of sp³-hybridized carbons (Fsp3) is 0.333. The maximum absolute atomic E-state index is 6.18. The summed E-state index contributed by atoms with van der Waals surface area (Å²) in [6, 6.07) is 15.2. The van der Waals surface area contributed by atoms with Gasteiger partial charge in [-0.1, -0.05) is 41.5 Å². The molecule has 1 aliphatic rings. The zero-order chi connectivity index (χ0) is 15.8. The SMILES string of the molecule is Cc1ccc(-c2c(CNCC3CC3)oc3ccc(C)cc23)cc1.Cl. The molecule has 0 bridgehead atoms. The average molecular weight is 342 g/mol.